The summed E-state index contributed by atoms with van der Waals surface area (Å²) in [5, 5.41) is 0. The summed E-state index contributed by atoms with van der Waals surface area (Å²) >= 11 is 0. The summed E-state index contributed by atoms with van der Waals surface area (Å²) in [6.45, 7) is 23.2. The Hall–Kier alpha value is -3.94. The normalized spacial score (nSPS) is 10.9. The molecule has 0 aliphatic heterocycles. The first-order valence-corrected chi connectivity index (χ1v) is 13.1. The number of carbonyl (C=O) groups excluding carboxylic acids is 2. The van der Waals surface area contributed by atoms with Gasteiger partial charge < -0.3 is 28.4 Å². The lowest BCUT2D eigenvalue weighted by molar-refractivity contribution is -0.131. The second-order valence-corrected chi connectivity index (χ2v) is 9.24. The molecular weight excluding hydrogens is 500 g/mol. The highest BCUT2D eigenvalue weighted by molar-refractivity contribution is 5.90. The van der Waals surface area contributed by atoms with E-state index < -0.39 is 17.4 Å². The lowest BCUT2D eigenvalue weighted by Gasteiger charge is -2.32. The van der Waals surface area contributed by atoms with Crippen LogP contribution in [0.3, 0.4) is 0 Å². The Labute approximate surface area is 231 Å². The van der Waals surface area contributed by atoms with Crippen LogP contribution < -0.4 is 28.4 Å². The molecule has 0 radical (unpaired) electrons. The van der Waals surface area contributed by atoms with Gasteiger partial charge in [0.1, 0.15) is 0 Å². The van der Waals surface area contributed by atoms with Crippen molar-refractivity contribution in [2.45, 2.75) is 60.8 Å². The van der Waals surface area contributed by atoms with E-state index in [1.165, 1.54) is 0 Å². The predicted molar refractivity (Wildman–Crippen MR) is 151 cm³/mol. The van der Waals surface area contributed by atoms with E-state index in [0.717, 1.165) is 11.1 Å². The molecule has 0 fully saturated rings. The molecule has 0 amide bonds. The lowest BCUT2D eigenvalue weighted by atomic mass is 9.76. The molecular formula is C31H40O8. The summed E-state index contributed by atoms with van der Waals surface area (Å²) in [5.41, 5.74) is 1.31. The predicted octanol–water partition coefficient (Wildman–Crippen LogP) is 6.57. The third-order valence-electron chi connectivity index (χ3n) is 5.76. The van der Waals surface area contributed by atoms with E-state index in [4.69, 9.17) is 28.4 Å². The molecule has 2 rings (SSSR count). The monoisotopic (exact) mass is 540 g/mol. The molecule has 0 spiro atoms. The van der Waals surface area contributed by atoms with Crippen molar-refractivity contribution in [3.63, 3.8) is 0 Å². The zero-order chi connectivity index (χ0) is 29.3. The highest BCUT2D eigenvalue weighted by Crippen LogP contribution is 2.52. The molecule has 8 heteroatoms. The fourth-order valence-electron chi connectivity index (χ4n) is 3.89. The van der Waals surface area contributed by atoms with Gasteiger partial charge in [-0.2, -0.15) is 0 Å². The number of esters is 2. The fraction of sp³-hybridized carbons (Fsp3) is 0.419. The molecule has 0 atom stereocenters. The molecule has 0 saturated heterocycles. The number of hydrogen-bond donors (Lipinski definition) is 0. The topological polar surface area (TPSA) is 89.5 Å². The minimum atomic E-state index is -0.736. The molecule has 0 N–H and O–H groups in total. The standard InChI is InChI=1S/C31H40O8/c1-11-34-25-21(15-17-23(27(25)36-13-3)38-29(32)19(5)6)31(9,10)22-16-18-24(39-30(33)20(7)8)28(37-14-4)26(22)35-12-2/h15-18H,5,7,11-14H2,1-4,6,8-10H3. The van der Waals surface area contributed by atoms with Crippen LogP contribution in [-0.4, -0.2) is 38.4 Å². The van der Waals surface area contributed by atoms with Crippen molar-refractivity contribution in [2.24, 2.45) is 0 Å². The largest absolute Gasteiger partial charge is 0.490 e. The van der Waals surface area contributed by atoms with Crippen LogP contribution in [0, 0.1) is 0 Å². The van der Waals surface area contributed by atoms with E-state index in [0.29, 0.717) is 49.4 Å². The van der Waals surface area contributed by atoms with Gasteiger partial charge in [0, 0.05) is 27.7 Å². The van der Waals surface area contributed by atoms with E-state index in [1.54, 1.807) is 26.0 Å². The SMILES string of the molecule is C=C(C)C(=O)Oc1ccc(C(C)(C)c2ccc(OC(=O)C(=C)C)c(OCC)c2OCC)c(OCC)c1OCC. The molecule has 8 nitrogen and oxygen atoms in total. The van der Waals surface area contributed by atoms with Crippen LogP contribution in [0.5, 0.6) is 34.5 Å². The lowest BCUT2D eigenvalue weighted by Crippen LogP contribution is -2.23. The van der Waals surface area contributed by atoms with Gasteiger partial charge in [-0.05, 0) is 53.7 Å². The van der Waals surface area contributed by atoms with Crippen LogP contribution in [0.2, 0.25) is 0 Å². The number of rotatable bonds is 14. The van der Waals surface area contributed by atoms with Crippen molar-refractivity contribution in [1.29, 1.82) is 0 Å². The van der Waals surface area contributed by atoms with Crippen molar-refractivity contribution in [3.05, 3.63) is 59.7 Å². The maximum absolute atomic E-state index is 12.3. The summed E-state index contributed by atoms with van der Waals surface area (Å²) in [7, 11) is 0. The average molecular weight is 541 g/mol. The maximum Gasteiger partial charge on any atom is 0.338 e. The minimum Gasteiger partial charge on any atom is -0.490 e. The van der Waals surface area contributed by atoms with Crippen LogP contribution in [0.25, 0.3) is 0 Å². The summed E-state index contributed by atoms with van der Waals surface area (Å²) in [5.74, 6) is 0.841. The van der Waals surface area contributed by atoms with Crippen molar-refractivity contribution in [2.75, 3.05) is 26.4 Å². The van der Waals surface area contributed by atoms with E-state index in [1.807, 2.05) is 53.7 Å². The summed E-state index contributed by atoms with van der Waals surface area (Å²) < 4.78 is 35.2. The molecule has 0 heterocycles. The quantitative estimate of drug-likeness (QED) is 0.151. The smallest absolute Gasteiger partial charge is 0.338 e. The molecule has 0 aliphatic rings. The van der Waals surface area contributed by atoms with E-state index in [9.17, 15) is 9.59 Å². The van der Waals surface area contributed by atoms with Crippen LogP contribution in [0.1, 0.15) is 66.5 Å². The molecule has 0 bridgehead atoms. The van der Waals surface area contributed by atoms with Gasteiger partial charge in [-0.15, -0.1) is 0 Å². The summed E-state index contributed by atoms with van der Waals surface area (Å²) in [6.07, 6.45) is 0. The fourth-order valence-corrected chi connectivity index (χ4v) is 3.89. The molecule has 0 aromatic heterocycles. The third kappa shape index (κ3) is 7.13. The highest BCUT2D eigenvalue weighted by atomic mass is 16.6. The summed E-state index contributed by atoms with van der Waals surface area (Å²) in [4.78, 5) is 24.6. The van der Waals surface area contributed by atoms with Gasteiger partial charge in [0.15, 0.2) is 23.0 Å². The second kappa shape index (κ2) is 13.7. The first kappa shape index (κ1) is 31.3. The zero-order valence-corrected chi connectivity index (χ0v) is 24.3. The number of ether oxygens (including phenoxy) is 6. The minimum absolute atomic E-state index is 0.231. The van der Waals surface area contributed by atoms with Crippen molar-refractivity contribution < 1.29 is 38.0 Å². The van der Waals surface area contributed by atoms with Gasteiger partial charge in [0.2, 0.25) is 11.5 Å². The van der Waals surface area contributed by atoms with Gasteiger partial charge in [-0.1, -0.05) is 39.1 Å². The van der Waals surface area contributed by atoms with Crippen molar-refractivity contribution in [1.82, 2.24) is 0 Å². The molecule has 0 unspecified atom stereocenters. The van der Waals surface area contributed by atoms with Crippen LogP contribution in [0.15, 0.2) is 48.6 Å². The zero-order valence-electron chi connectivity index (χ0n) is 24.3. The Bertz CT molecular complexity index is 1130. The van der Waals surface area contributed by atoms with Crippen molar-refractivity contribution >= 4 is 11.9 Å². The molecule has 212 valence electrons. The third-order valence-corrected chi connectivity index (χ3v) is 5.76. The molecule has 0 saturated carbocycles. The summed E-state index contributed by atoms with van der Waals surface area (Å²) in [6, 6.07) is 7.02. The van der Waals surface area contributed by atoms with Crippen LogP contribution in [0.4, 0.5) is 0 Å². The Balaban J connectivity index is 2.82. The van der Waals surface area contributed by atoms with Crippen LogP contribution in [-0.2, 0) is 15.0 Å². The van der Waals surface area contributed by atoms with E-state index in [-0.39, 0.29) is 22.6 Å². The first-order chi connectivity index (χ1) is 18.4. The van der Waals surface area contributed by atoms with Gasteiger partial charge in [-0.3, -0.25) is 0 Å². The van der Waals surface area contributed by atoms with E-state index in [2.05, 4.69) is 13.2 Å². The molecule has 2 aromatic rings. The Morgan fingerprint density at radius 1 is 0.615 bits per heavy atom. The maximum atomic E-state index is 12.3. The average Bonchev–Trinajstić information content (AvgIpc) is 2.87. The number of carbonyl (C=O) groups is 2. The number of benzene rings is 2. The van der Waals surface area contributed by atoms with Gasteiger partial charge in [0.05, 0.1) is 26.4 Å². The molecule has 39 heavy (non-hydrogen) atoms. The Morgan fingerprint density at radius 2 is 0.923 bits per heavy atom. The second-order valence-electron chi connectivity index (χ2n) is 9.24. The first-order valence-electron chi connectivity index (χ1n) is 13.1. The van der Waals surface area contributed by atoms with Crippen molar-refractivity contribution in [3.8, 4) is 34.5 Å². The van der Waals surface area contributed by atoms with Crippen LogP contribution >= 0.6 is 0 Å². The van der Waals surface area contributed by atoms with Gasteiger partial charge >= 0.3 is 11.9 Å². The Kier molecular flexibility index (Phi) is 11.0. The molecule has 0 aliphatic carbocycles. The molecule has 2 aromatic carbocycles. The Morgan fingerprint density at radius 3 is 1.21 bits per heavy atom. The van der Waals surface area contributed by atoms with Gasteiger partial charge in [-0.25, -0.2) is 9.59 Å². The highest BCUT2D eigenvalue weighted by Gasteiger charge is 2.35. The van der Waals surface area contributed by atoms with E-state index >= 15 is 0 Å². The van der Waals surface area contributed by atoms with Gasteiger partial charge in [0.25, 0.3) is 0 Å². The number of hydrogen-bond acceptors (Lipinski definition) is 8.